The van der Waals surface area contributed by atoms with Crippen LogP contribution in [0.4, 0.5) is 5.69 Å². The summed E-state index contributed by atoms with van der Waals surface area (Å²) in [6.07, 6.45) is 2.67. The summed E-state index contributed by atoms with van der Waals surface area (Å²) in [4.78, 5) is 22.2. The second kappa shape index (κ2) is 8.38. The molecule has 0 bridgehead atoms. The fourth-order valence-electron chi connectivity index (χ4n) is 5.02. The Morgan fingerprint density at radius 2 is 2.00 bits per heavy atom. The van der Waals surface area contributed by atoms with Crippen LogP contribution in [0.1, 0.15) is 78.8 Å². The molecule has 2 aromatic rings. The number of rotatable bonds is 6. The van der Waals surface area contributed by atoms with E-state index in [0.29, 0.717) is 42.5 Å². The molecule has 1 saturated carbocycles. The Morgan fingerprint density at radius 1 is 1.24 bits per heavy atom. The number of nitrogens with zero attached hydrogens (tertiary/aromatic N) is 3. The molecule has 2 aliphatic heterocycles. The fourth-order valence-corrected chi connectivity index (χ4v) is 5.02. The smallest absolute Gasteiger partial charge is 0.182 e. The Hall–Kier alpha value is -2.93. The second-order valence-corrected chi connectivity index (χ2v) is 10.9. The number of ketones is 1. The molecule has 1 unspecified atom stereocenters. The van der Waals surface area contributed by atoms with Crippen LogP contribution in [0, 0.1) is 5.41 Å². The van der Waals surface area contributed by atoms with Crippen molar-refractivity contribution in [1.29, 1.82) is 5.41 Å². The molecule has 1 saturated heterocycles. The number of aliphatic hydroxyl groups excluding tert-OH is 1. The first kappa shape index (κ1) is 22.8. The van der Waals surface area contributed by atoms with Crippen LogP contribution in [0.2, 0.25) is 0 Å². The van der Waals surface area contributed by atoms with Crippen LogP contribution in [-0.2, 0) is 12.0 Å². The van der Waals surface area contributed by atoms with Gasteiger partial charge in [-0.25, -0.2) is 4.98 Å². The van der Waals surface area contributed by atoms with Crippen LogP contribution in [-0.4, -0.2) is 59.5 Å². The molecular weight excluding hydrogens is 428 g/mol. The number of Topliss-reactive ketones (excluding diaryl/α,β-unsaturated/α-hetero) is 1. The van der Waals surface area contributed by atoms with Gasteiger partial charge in [-0.2, -0.15) is 0 Å². The van der Waals surface area contributed by atoms with Crippen molar-refractivity contribution in [3.05, 3.63) is 52.3 Å². The van der Waals surface area contributed by atoms with Crippen molar-refractivity contribution >= 4 is 17.3 Å². The zero-order valence-corrected chi connectivity index (χ0v) is 20.5. The molecule has 2 fully saturated rings. The molecular formula is C27H34N4O3. The SMILES string of the molecule is COc1c(N2CCC(O)C2)cc(C(=O)CN2Cc3ccc(C4CC4)nc3C2=N)cc1C(C)(C)C. The first-order chi connectivity index (χ1) is 16.2. The maximum absolute atomic E-state index is 13.5. The number of aromatic nitrogens is 1. The number of carbonyl (C=O) groups is 1. The van der Waals surface area contributed by atoms with E-state index in [4.69, 9.17) is 15.1 Å². The molecule has 0 spiro atoms. The highest BCUT2D eigenvalue weighted by molar-refractivity contribution is 6.05. The number of fused-ring (bicyclic) bond motifs is 1. The third-order valence-corrected chi connectivity index (χ3v) is 7.14. The summed E-state index contributed by atoms with van der Waals surface area (Å²) in [5.41, 5.74) is 5.00. The quantitative estimate of drug-likeness (QED) is 0.634. The van der Waals surface area contributed by atoms with E-state index >= 15 is 0 Å². The standard InChI is InChI=1S/C27H34N4O3/c1-27(2,3)20-11-18(12-22(25(20)34-4)30-10-9-19(32)14-30)23(33)15-31-13-17-7-8-21(16-5-6-16)29-24(17)26(31)28/h7-8,11-12,16,19,28,32H,5-6,9-10,13-15H2,1-4H3. The van der Waals surface area contributed by atoms with Crippen molar-refractivity contribution in [2.24, 2.45) is 0 Å². The first-order valence-electron chi connectivity index (χ1n) is 12.2. The molecule has 1 aromatic carbocycles. The molecule has 7 heteroatoms. The van der Waals surface area contributed by atoms with Gasteiger partial charge in [-0.15, -0.1) is 0 Å². The third-order valence-electron chi connectivity index (χ3n) is 7.14. The number of hydrogen-bond acceptors (Lipinski definition) is 6. The molecule has 3 heterocycles. The first-order valence-corrected chi connectivity index (χ1v) is 12.2. The van der Waals surface area contributed by atoms with Gasteiger partial charge in [0.05, 0.1) is 25.4 Å². The minimum absolute atomic E-state index is 0.0332. The van der Waals surface area contributed by atoms with E-state index in [1.165, 1.54) is 12.8 Å². The van der Waals surface area contributed by atoms with Crippen LogP contribution < -0.4 is 9.64 Å². The molecule has 7 nitrogen and oxygen atoms in total. The topological polar surface area (TPSA) is 89.8 Å². The maximum atomic E-state index is 13.5. The van der Waals surface area contributed by atoms with E-state index < -0.39 is 0 Å². The summed E-state index contributed by atoms with van der Waals surface area (Å²) in [7, 11) is 1.66. The molecule has 0 radical (unpaired) electrons. The average molecular weight is 463 g/mol. The largest absolute Gasteiger partial charge is 0.494 e. The summed E-state index contributed by atoms with van der Waals surface area (Å²) < 4.78 is 5.83. The minimum atomic E-state index is -0.376. The number of methoxy groups -OCH3 is 1. The van der Waals surface area contributed by atoms with Crippen LogP contribution in [0.3, 0.4) is 0 Å². The number of nitrogens with one attached hydrogen (secondary N) is 1. The molecule has 34 heavy (non-hydrogen) atoms. The van der Waals surface area contributed by atoms with Crippen LogP contribution >= 0.6 is 0 Å². The number of amidine groups is 1. The number of anilines is 1. The second-order valence-electron chi connectivity index (χ2n) is 10.9. The number of β-amino-alcohol motifs (C(OH)–C–C–N with tert-alkyl or cyclic N) is 1. The molecule has 1 aliphatic carbocycles. The van der Waals surface area contributed by atoms with E-state index in [9.17, 15) is 9.90 Å². The van der Waals surface area contributed by atoms with Gasteiger partial charge in [0.1, 0.15) is 17.3 Å². The van der Waals surface area contributed by atoms with Gasteiger partial charge in [0.15, 0.2) is 5.78 Å². The zero-order valence-electron chi connectivity index (χ0n) is 20.5. The monoisotopic (exact) mass is 462 g/mol. The predicted octanol–water partition coefficient (Wildman–Crippen LogP) is 3.86. The van der Waals surface area contributed by atoms with Gasteiger partial charge < -0.3 is 19.6 Å². The fraction of sp³-hybridized carbons (Fsp3) is 0.519. The van der Waals surface area contributed by atoms with Gasteiger partial charge in [-0.1, -0.05) is 26.8 Å². The number of benzene rings is 1. The molecule has 2 N–H and O–H groups in total. The van der Waals surface area contributed by atoms with E-state index in [1.54, 1.807) is 7.11 Å². The van der Waals surface area contributed by atoms with Crippen LogP contribution in [0.5, 0.6) is 5.75 Å². The van der Waals surface area contributed by atoms with E-state index in [1.807, 2.05) is 17.0 Å². The van der Waals surface area contributed by atoms with Gasteiger partial charge in [0.2, 0.25) is 0 Å². The van der Waals surface area contributed by atoms with Crippen molar-refractivity contribution in [2.45, 2.75) is 64.0 Å². The highest BCUT2D eigenvalue weighted by Gasteiger charge is 2.33. The van der Waals surface area contributed by atoms with Crippen molar-refractivity contribution in [3.8, 4) is 5.75 Å². The van der Waals surface area contributed by atoms with Gasteiger partial charge in [-0.3, -0.25) is 10.2 Å². The molecule has 3 aliphatic rings. The summed E-state index contributed by atoms with van der Waals surface area (Å²) in [5, 5.41) is 18.8. The van der Waals surface area contributed by atoms with Gasteiger partial charge in [0, 0.05) is 47.9 Å². The van der Waals surface area contributed by atoms with Crippen molar-refractivity contribution in [1.82, 2.24) is 9.88 Å². The van der Waals surface area contributed by atoms with E-state index in [2.05, 4.69) is 37.8 Å². The van der Waals surface area contributed by atoms with Crippen molar-refractivity contribution in [2.75, 3.05) is 31.6 Å². The van der Waals surface area contributed by atoms with Gasteiger partial charge in [0.25, 0.3) is 0 Å². The molecule has 5 rings (SSSR count). The van der Waals surface area contributed by atoms with Crippen LogP contribution in [0.15, 0.2) is 24.3 Å². The Bertz CT molecular complexity index is 1150. The zero-order chi connectivity index (χ0) is 24.2. The van der Waals surface area contributed by atoms with Crippen molar-refractivity contribution in [3.63, 3.8) is 0 Å². The Balaban J connectivity index is 1.43. The van der Waals surface area contributed by atoms with E-state index in [-0.39, 0.29) is 23.8 Å². The number of aliphatic hydroxyl groups is 1. The highest BCUT2D eigenvalue weighted by atomic mass is 16.5. The highest BCUT2D eigenvalue weighted by Crippen LogP contribution is 2.42. The summed E-state index contributed by atoms with van der Waals surface area (Å²) >= 11 is 0. The lowest BCUT2D eigenvalue weighted by atomic mass is 9.84. The Kier molecular flexibility index (Phi) is 5.63. The molecule has 1 atom stereocenters. The van der Waals surface area contributed by atoms with Gasteiger partial charge in [-0.05, 0) is 42.9 Å². The number of pyridine rings is 1. The molecule has 180 valence electrons. The Labute approximate surface area is 201 Å². The normalized spacial score (nSPS) is 20.1. The van der Waals surface area contributed by atoms with Crippen LogP contribution in [0.25, 0.3) is 0 Å². The number of ether oxygens (including phenoxy) is 1. The summed E-state index contributed by atoms with van der Waals surface area (Å²) in [5.74, 6) is 1.59. The third kappa shape index (κ3) is 4.17. The van der Waals surface area contributed by atoms with Gasteiger partial charge >= 0.3 is 0 Å². The lowest BCUT2D eigenvalue weighted by Crippen LogP contribution is -2.31. The number of hydrogen-bond donors (Lipinski definition) is 2. The predicted molar refractivity (Wildman–Crippen MR) is 132 cm³/mol. The molecule has 1 aromatic heterocycles. The lowest BCUT2D eigenvalue weighted by molar-refractivity contribution is 0.0962. The Morgan fingerprint density at radius 3 is 2.62 bits per heavy atom. The number of carbonyl (C=O) groups excluding carboxylic acids is 1. The summed E-state index contributed by atoms with van der Waals surface area (Å²) in [6, 6.07) is 7.97. The van der Waals surface area contributed by atoms with E-state index in [0.717, 1.165) is 34.8 Å². The minimum Gasteiger partial charge on any atom is -0.494 e. The lowest BCUT2D eigenvalue weighted by Gasteiger charge is -2.29. The molecule has 0 amide bonds. The van der Waals surface area contributed by atoms with Crippen molar-refractivity contribution < 1.29 is 14.6 Å². The maximum Gasteiger partial charge on any atom is 0.182 e. The summed E-state index contributed by atoms with van der Waals surface area (Å²) in [6.45, 7) is 8.24. The average Bonchev–Trinajstić information content (AvgIpc) is 3.49.